The highest BCUT2D eigenvalue weighted by Crippen LogP contribution is 2.24. The Hall–Kier alpha value is -2.31. The lowest BCUT2D eigenvalue weighted by Gasteiger charge is -2.18. The van der Waals surface area contributed by atoms with Crippen molar-refractivity contribution in [3.8, 4) is 0 Å². The van der Waals surface area contributed by atoms with E-state index in [4.69, 9.17) is 0 Å². The first kappa shape index (κ1) is 13.1. The summed E-state index contributed by atoms with van der Waals surface area (Å²) < 4.78 is 0. The van der Waals surface area contributed by atoms with E-state index >= 15 is 0 Å². The fourth-order valence-corrected chi connectivity index (χ4v) is 2.12. The summed E-state index contributed by atoms with van der Waals surface area (Å²) in [5.74, 6) is 0. The smallest absolute Gasteiger partial charge is 0.320 e. The van der Waals surface area contributed by atoms with Gasteiger partial charge in [0.05, 0.1) is 4.92 Å². The highest BCUT2D eigenvalue weighted by Gasteiger charge is 2.26. The van der Waals surface area contributed by atoms with Gasteiger partial charge in [-0.15, -0.1) is 0 Å². The van der Waals surface area contributed by atoms with Crippen LogP contribution < -0.4 is 5.32 Å². The van der Waals surface area contributed by atoms with Crippen molar-refractivity contribution in [1.29, 1.82) is 0 Å². The van der Waals surface area contributed by atoms with Crippen LogP contribution in [0.2, 0.25) is 0 Å². The molecule has 1 heterocycles. The molecule has 7 nitrogen and oxygen atoms in total. The number of likely N-dealkylation sites (N-methyl/N-ethyl adjacent to an activating group) is 1. The lowest BCUT2D eigenvalue weighted by Crippen LogP contribution is -2.29. The minimum absolute atomic E-state index is 0.0361. The zero-order chi connectivity index (χ0) is 14.0. The Morgan fingerprint density at radius 2 is 2.16 bits per heavy atom. The van der Waals surface area contributed by atoms with Gasteiger partial charge >= 0.3 is 6.03 Å². The molecule has 0 aromatic heterocycles. The molecule has 1 aromatic carbocycles. The van der Waals surface area contributed by atoms with Crippen molar-refractivity contribution in [2.75, 3.05) is 32.5 Å². The summed E-state index contributed by atoms with van der Waals surface area (Å²) in [4.78, 5) is 25.5. The number of nitrogens with one attached hydrogen (secondary N) is 1. The number of nitro benzene ring substituents is 1. The number of carbonyl (C=O) groups excluding carboxylic acids is 1. The number of hydrogen-bond acceptors (Lipinski definition) is 4. The van der Waals surface area contributed by atoms with E-state index in [1.165, 1.54) is 12.1 Å². The molecule has 1 N–H and O–H groups in total. The van der Waals surface area contributed by atoms with Crippen LogP contribution in [0.5, 0.6) is 0 Å². The molecular formula is C12H16N4O3. The number of amides is 2. The van der Waals surface area contributed by atoms with Crippen LogP contribution >= 0.6 is 0 Å². The summed E-state index contributed by atoms with van der Waals surface area (Å²) >= 11 is 0. The van der Waals surface area contributed by atoms with Crippen LogP contribution in [0.1, 0.15) is 5.56 Å². The third-order valence-corrected chi connectivity index (χ3v) is 3.23. The van der Waals surface area contributed by atoms with E-state index in [0.717, 1.165) is 11.3 Å². The summed E-state index contributed by atoms with van der Waals surface area (Å²) in [6, 6.07) is 4.58. The Bertz CT molecular complexity index is 518. The summed E-state index contributed by atoms with van der Waals surface area (Å²) in [5, 5.41) is 13.8. The first-order valence-corrected chi connectivity index (χ1v) is 5.98. The molecule has 7 heteroatoms. The number of hydrogen-bond donors (Lipinski definition) is 1. The van der Waals surface area contributed by atoms with Gasteiger partial charge in [-0.1, -0.05) is 0 Å². The van der Waals surface area contributed by atoms with Gasteiger partial charge in [0.1, 0.15) is 0 Å². The van der Waals surface area contributed by atoms with Gasteiger partial charge in [-0.3, -0.25) is 10.1 Å². The number of nitro groups is 1. The molecule has 0 spiro atoms. The molecule has 0 aliphatic carbocycles. The minimum atomic E-state index is -0.430. The van der Waals surface area contributed by atoms with Crippen LogP contribution in [0.15, 0.2) is 18.2 Å². The van der Waals surface area contributed by atoms with E-state index in [1.54, 1.807) is 30.0 Å². The molecule has 19 heavy (non-hydrogen) atoms. The molecule has 0 saturated carbocycles. The Morgan fingerprint density at radius 3 is 2.68 bits per heavy atom. The predicted octanol–water partition coefficient (Wildman–Crippen LogP) is 1.50. The van der Waals surface area contributed by atoms with Crippen LogP contribution in [0.3, 0.4) is 0 Å². The topological polar surface area (TPSA) is 78.7 Å². The van der Waals surface area contributed by atoms with E-state index in [2.05, 4.69) is 5.32 Å². The van der Waals surface area contributed by atoms with Gasteiger partial charge in [-0.25, -0.2) is 4.79 Å². The zero-order valence-corrected chi connectivity index (χ0v) is 10.9. The molecule has 2 rings (SSSR count). The molecule has 1 saturated heterocycles. The van der Waals surface area contributed by atoms with Crippen LogP contribution in [0.4, 0.5) is 16.2 Å². The summed E-state index contributed by atoms with van der Waals surface area (Å²) in [6.45, 7) is 1.70. The van der Waals surface area contributed by atoms with Gasteiger partial charge in [0.15, 0.2) is 0 Å². The molecule has 1 aliphatic rings. The maximum Gasteiger partial charge on any atom is 0.320 e. The van der Waals surface area contributed by atoms with Gasteiger partial charge < -0.3 is 15.1 Å². The molecule has 2 amide bonds. The summed E-state index contributed by atoms with van der Waals surface area (Å²) in [7, 11) is 3.50. The largest absolute Gasteiger partial charge is 0.388 e. The number of urea groups is 1. The SMILES string of the molecule is CNc1ccc([N+](=O)[O-])cc1CN1CCN(C)C1=O. The molecule has 0 bridgehead atoms. The molecule has 0 radical (unpaired) electrons. The van der Waals surface area contributed by atoms with Crippen molar-refractivity contribution in [1.82, 2.24) is 9.80 Å². The maximum atomic E-state index is 11.8. The Morgan fingerprint density at radius 1 is 1.42 bits per heavy atom. The van der Waals surface area contributed by atoms with Gasteiger partial charge in [-0.05, 0) is 6.07 Å². The Labute approximate surface area is 110 Å². The van der Waals surface area contributed by atoms with E-state index < -0.39 is 4.92 Å². The zero-order valence-electron chi connectivity index (χ0n) is 10.9. The van der Waals surface area contributed by atoms with Crippen LogP contribution in [0, 0.1) is 10.1 Å². The fraction of sp³-hybridized carbons (Fsp3) is 0.417. The molecular weight excluding hydrogens is 248 g/mol. The Balaban J connectivity index is 2.25. The van der Waals surface area contributed by atoms with Gasteiger partial charge in [-0.2, -0.15) is 0 Å². The molecule has 0 atom stereocenters. The van der Waals surface area contributed by atoms with Crippen molar-refractivity contribution in [3.05, 3.63) is 33.9 Å². The Kier molecular flexibility index (Phi) is 3.55. The van der Waals surface area contributed by atoms with Crippen molar-refractivity contribution < 1.29 is 9.72 Å². The number of nitrogens with zero attached hydrogens (tertiary/aromatic N) is 3. The number of anilines is 1. The van der Waals surface area contributed by atoms with Crippen LogP contribution in [-0.4, -0.2) is 47.9 Å². The molecule has 1 aliphatic heterocycles. The highest BCUT2D eigenvalue weighted by atomic mass is 16.6. The first-order valence-electron chi connectivity index (χ1n) is 5.98. The van der Waals surface area contributed by atoms with Crippen LogP contribution in [0.25, 0.3) is 0 Å². The first-order chi connectivity index (χ1) is 9.02. The number of non-ortho nitro benzene ring substituents is 1. The van der Waals surface area contributed by atoms with E-state index in [1.807, 2.05) is 0 Å². The molecule has 1 aromatic rings. The monoisotopic (exact) mass is 264 g/mol. The number of rotatable bonds is 4. The lowest BCUT2D eigenvalue weighted by atomic mass is 10.1. The van der Waals surface area contributed by atoms with E-state index in [9.17, 15) is 14.9 Å². The van der Waals surface area contributed by atoms with Crippen molar-refractivity contribution in [2.45, 2.75) is 6.54 Å². The number of carbonyl (C=O) groups is 1. The van der Waals surface area contributed by atoms with Gasteiger partial charge in [0.25, 0.3) is 5.69 Å². The second-order valence-corrected chi connectivity index (χ2v) is 4.47. The third-order valence-electron chi connectivity index (χ3n) is 3.23. The minimum Gasteiger partial charge on any atom is -0.388 e. The highest BCUT2D eigenvalue weighted by molar-refractivity contribution is 5.76. The molecule has 1 fully saturated rings. The summed E-state index contributed by atoms with van der Waals surface area (Å²) in [5.41, 5.74) is 1.59. The van der Waals surface area contributed by atoms with Crippen molar-refractivity contribution >= 4 is 17.4 Å². The molecule has 0 unspecified atom stereocenters. The third kappa shape index (κ3) is 2.59. The van der Waals surface area contributed by atoms with Crippen LogP contribution in [-0.2, 0) is 6.54 Å². The van der Waals surface area contributed by atoms with Gasteiger partial charge in [0, 0.05) is 57.1 Å². The van der Waals surface area contributed by atoms with E-state index in [-0.39, 0.29) is 11.7 Å². The number of benzene rings is 1. The van der Waals surface area contributed by atoms with Crippen molar-refractivity contribution in [2.24, 2.45) is 0 Å². The second kappa shape index (κ2) is 5.13. The van der Waals surface area contributed by atoms with E-state index in [0.29, 0.717) is 19.6 Å². The predicted molar refractivity (Wildman–Crippen MR) is 71.1 cm³/mol. The standard InChI is InChI=1S/C12H16N4O3/c1-13-11-4-3-10(16(18)19)7-9(11)8-15-6-5-14(2)12(15)17/h3-4,7,13H,5-6,8H2,1-2H3. The normalized spacial score (nSPS) is 14.9. The quantitative estimate of drug-likeness (QED) is 0.660. The van der Waals surface area contributed by atoms with Crippen molar-refractivity contribution in [3.63, 3.8) is 0 Å². The fourth-order valence-electron chi connectivity index (χ4n) is 2.12. The van der Waals surface area contributed by atoms with Gasteiger partial charge in [0.2, 0.25) is 0 Å². The molecule has 102 valence electrons. The summed E-state index contributed by atoms with van der Waals surface area (Å²) in [6.07, 6.45) is 0. The average Bonchev–Trinajstić information content (AvgIpc) is 2.70. The average molecular weight is 264 g/mol. The second-order valence-electron chi connectivity index (χ2n) is 4.47. The lowest BCUT2D eigenvalue weighted by molar-refractivity contribution is -0.384. The maximum absolute atomic E-state index is 11.8.